The summed E-state index contributed by atoms with van der Waals surface area (Å²) in [6, 6.07) is 1.68. The standard InChI is InChI=1S/C22H33N3O5/c1-8-28-17-13-18(24-19(26)29-21(2,3)4)23-14-16(17)15-9-11-25(12-10-15)20(27)30-22(5,6)7/h9,13-14H,8,10-12H2,1-7H3,(H,23,24,26). The number of nitrogens with zero attached hydrogens (tertiary/aromatic N) is 2. The molecule has 0 unspecified atom stereocenters. The van der Waals surface area contributed by atoms with Crippen molar-refractivity contribution in [3.8, 4) is 5.75 Å². The van der Waals surface area contributed by atoms with Crippen LogP contribution in [0.15, 0.2) is 18.3 Å². The van der Waals surface area contributed by atoms with Crippen molar-refractivity contribution >= 4 is 23.6 Å². The summed E-state index contributed by atoms with van der Waals surface area (Å²) in [7, 11) is 0. The van der Waals surface area contributed by atoms with E-state index < -0.39 is 17.3 Å². The van der Waals surface area contributed by atoms with Crippen LogP contribution in [0.4, 0.5) is 15.4 Å². The van der Waals surface area contributed by atoms with E-state index in [9.17, 15) is 9.59 Å². The van der Waals surface area contributed by atoms with Crippen molar-refractivity contribution in [2.24, 2.45) is 0 Å². The lowest BCUT2D eigenvalue weighted by Gasteiger charge is -2.30. The number of hydrogen-bond acceptors (Lipinski definition) is 6. The van der Waals surface area contributed by atoms with Gasteiger partial charge in [0.15, 0.2) is 0 Å². The Morgan fingerprint density at radius 3 is 2.33 bits per heavy atom. The van der Waals surface area contributed by atoms with E-state index in [0.717, 1.165) is 11.1 Å². The Morgan fingerprint density at radius 1 is 1.13 bits per heavy atom. The van der Waals surface area contributed by atoms with Gasteiger partial charge in [0.1, 0.15) is 22.8 Å². The Balaban J connectivity index is 2.13. The molecule has 166 valence electrons. The summed E-state index contributed by atoms with van der Waals surface area (Å²) >= 11 is 0. The summed E-state index contributed by atoms with van der Waals surface area (Å²) in [5.74, 6) is 0.971. The second-order valence-corrected chi connectivity index (χ2v) is 9.03. The van der Waals surface area contributed by atoms with Gasteiger partial charge in [-0.2, -0.15) is 0 Å². The minimum atomic E-state index is -0.598. The molecule has 0 aliphatic carbocycles. The molecule has 0 bridgehead atoms. The van der Waals surface area contributed by atoms with Crippen LogP contribution >= 0.6 is 0 Å². The SMILES string of the molecule is CCOc1cc(NC(=O)OC(C)(C)C)ncc1C1=CCN(C(=O)OC(C)(C)C)CC1. The van der Waals surface area contributed by atoms with Gasteiger partial charge in [-0.25, -0.2) is 14.6 Å². The van der Waals surface area contributed by atoms with Crippen LogP contribution in [-0.2, 0) is 9.47 Å². The zero-order chi connectivity index (χ0) is 22.5. The maximum absolute atomic E-state index is 12.3. The Labute approximate surface area is 178 Å². The molecule has 2 rings (SSSR count). The molecule has 8 nitrogen and oxygen atoms in total. The third-order valence-corrected chi connectivity index (χ3v) is 4.00. The van der Waals surface area contributed by atoms with Gasteiger partial charge in [0.05, 0.1) is 6.61 Å². The summed E-state index contributed by atoms with van der Waals surface area (Å²) in [4.78, 5) is 30.3. The Morgan fingerprint density at radius 2 is 1.80 bits per heavy atom. The number of hydrogen-bond donors (Lipinski definition) is 1. The van der Waals surface area contributed by atoms with E-state index in [4.69, 9.17) is 14.2 Å². The highest BCUT2D eigenvalue weighted by Crippen LogP contribution is 2.32. The first kappa shape index (κ1) is 23.5. The molecule has 2 amide bonds. The Bertz CT molecular complexity index is 806. The summed E-state index contributed by atoms with van der Waals surface area (Å²) in [5.41, 5.74) is 0.758. The molecule has 0 aromatic carbocycles. The topological polar surface area (TPSA) is 90.0 Å². The van der Waals surface area contributed by atoms with Gasteiger partial charge < -0.3 is 19.1 Å². The first-order valence-electron chi connectivity index (χ1n) is 10.2. The molecule has 2 heterocycles. The molecule has 0 saturated heterocycles. The van der Waals surface area contributed by atoms with Crippen LogP contribution in [0.25, 0.3) is 5.57 Å². The van der Waals surface area contributed by atoms with Gasteiger partial charge in [0, 0.05) is 30.9 Å². The number of pyridine rings is 1. The van der Waals surface area contributed by atoms with E-state index in [1.807, 2.05) is 33.8 Å². The van der Waals surface area contributed by atoms with E-state index in [0.29, 0.717) is 37.7 Å². The highest BCUT2D eigenvalue weighted by molar-refractivity contribution is 5.84. The van der Waals surface area contributed by atoms with Crippen molar-refractivity contribution in [1.29, 1.82) is 0 Å². The van der Waals surface area contributed by atoms with E-state index >= 15 is 0 Å². The average molecular weight is 420 g/mol. The highest BCUT2D eigenvalue weighted by atomic mass is 16.6. The van der Waals surface area contributed by atoms with Crippen LogP contribution in [0, 0.1) is 0 Å². The molecule has 0 atom stereocenters. The molecule has 1 aromatic heterocycles. The Kier molecular flexibility index (Phi) is 7.34. The van der Waals surface area contributed by atoms with Crippen LogP contribution in [0.1, 0.15) is 60.5 Å². The maximum atomic E-state index is 12.3. The molecule has 0 fully saturated rings. The van der Waals surface area contributed by atoms with Gasteiger partial charge in [0.25, 0.3) is 0 Å². The predicted molar refractivity (Wildman–Crippen MR) is 116 cm³/mol. The van der Waals surface area contributed by atoms with E-state index in [2.05, 4.69) is 10.3 Å². The van der Waals surface area contributed by atoms with Crippen LogP contribution < -0.4 is 10.1 Å². The molecular weight excluding hydrogens is 386 g/mol. The molecule has 30 heavy (non-hydrogen) atoms. The zero-order valence-corrected chi connectivity index (χ0v) is 19.0. The zero-order valence-electron chi connectivity index (χ0n) is 19.0. The number of carbonyl (C=O) groups is 2. The van der Waals surface area contributed by atoms with Gasteiger partial charge in [-0.3, -0.25) is 5.32 Å². The fraction of sp³-hybridized carbons (Fsp3) is 0.591. The lowest BCUT2D eigenvalue weighted by atomic mass is 10.0. The smallest absolute Gasteiger partial charge is 0.413 e. The molecule has 1 aliphatic heterocycles. The first-order valence-corrected chi connectivity index (χ1v) is 10.2. The molecule has 1 aliphatic rings. The van der Waals surface area contributed by atoms with E-state index in [-0.39, 0.29) is 6.09 Å². The van der Waals surface area contributed by atoms with Crippen LogP contribution in [0.3, 0.4) is 0 Å². The molecule has 0 radical (unpaired) electrons. The minimum Gasteiger partial charge on any atom is -0.493 e. The minimum absolute atomic E-state index is 0.321. The van der Waals surface area contributed by atoms with Gasteiger partial charge in [0.2, 0.25) is 0 Å². The maximum Gasteiger partial charge on any atom is 0.413 e. The van der Waals surface area contributed by atoms with Crippen molar-refractivity contribution in [2.45, 2.75) is 66.1 Å². The Hall–Kier alpha value is -2.77. The number of aromatic nitrogens is 1. The summed E-state index contributed by atoms with van der Waals surface area (Å²) in [6.07, 6.45) is 3.41. The first-order chi connectivity index (χ1) is 13.9. The normalized spacial score (nSPS) is 14.6. The lowest BCUT2D eigenvalue weighted by molar-refractivity contribution is 0.0270. The molecule has 1 N–H and O–H groups in total. The highest BCUT2D eigenvalue weighted by Gasteiger charge is 2.25. The van der Waals surface area contributed by atoms with E-state index in [1.54, 1.807) is 37.9 Å². The quantitative estimate of drug-likeness (QED) is 0.750. The van der Waals surface area contributed by atoms with Crippen molar-refractivity contribution in [2.75, 3.05) is 25.0 Å². The molecule has 8 heteroatoms. The monoisotopic (exact) mass is 419 g/mol. The van der Waals surface area contributed by atoms with Gasteiger partial charge >= 0.3 is 12.2 Å². The van der Waals surface area contributed by atoms with Gasteiger partial charge in [-0.15, -0.1) is 0 Å². The number of amides is 2. The number of carbonyl (C=O) groups excluding carboxylic acids is 2. The molecule has 0 spiro atoms. The molecule has 0 saturated carbocycles. The lowest BCUT2D eigenvalue weighted by Crippen LogP contribution is -2.39. The van der Waals surface area contributed by atoms with Crippen molar-refractivity contribution in [3.63, 3.8) is 0 Å². The van der Waals surface area contributed by atoms with Crippen molar-refractivity contribution < 1.29 is 23.8 Å². The van der Waals surface area contributed by atoms with Crippen LogP contribution in [0.5, 0.6) is 5.75 Å². The average Bonchev–Trinajstić information content (AvgIpc) is 2.59. The fourth-order valence-corrected chi connectivity index (χ4v) is 2.84. The van der Waals surface area contributed by atoms with Crippen LogP contribution in [0.2, 0.25) is 0 Å². The summed E-state index contributed by atoms with van der Waals surface area (Å²) in [5, 5.41) is 2.63. The van der Waals surface area contributed by atoms with Crippen molar-refractivity contribution in [3.05, 3.63) is 23.9 Å². The number of ether oxygens (including phenoxy) is 3. The summed E-state index contributed by atoms with van der Waals surface area (Å²) < 4.78 is 16.5. The predicted octanol–water partition coefficient (Wildman–Crippen LogP) is 4.85. The second kappa shape index (κ2) is 9.36. The van der Waals surface area contributed by atoms with Crippen LogP contribution in [-0.4, -0.2) is 53.0 Å². The molecular formula is C22H33N3O5. The fourth-order valence-electron chi connectivity index (χ4n) is 2.84. The molecule has 1 aromatic rings. The summed E-state index contributed by atoms with van der Waals surface area (Å²) in [6.45, 7) is 14.3. The largest absolute Gasteiger partial charge is 0.493 e. The van der Waals surface area contributed by atoms with Gasteiger partial charge in [-0.05, 0) is 60.5 Å². The number of rotatable bonds is 4. The number of anilines is 1. The second-order valence-electron chi connectivity index (χ2n) is 9.03. The third-order valence-electron chi connectivity index (χ3n) is 4.00. The third kappa shape index (κ3) is 7.24. The number of nitrogens with one attached hydrogen (secondary N) is 1. The van der Waals surface area contributed by atoms with Crippen molar-refractivity contribution in [1.82, 2.24) is 9.88 Å². The van der Waals surface area contributed by atoms with E-state index in [1.165, 1.54) is 0 Å². The van der Waals surface area contributed by atoms with Gasteiger partial charge in [-0.1, -0.05) is 6.08 Å².